The maximum Gasteiger partial charge on any atom is 0.205 e. The van der Waals surface area contributed by atoms with Crippen LogP contribution >= 0.6 is 27.5 Å². The van der Waals surface area contributed by atoms with Gasteiger partial charge in [0.25, 0.3) is 0 Å². The van der Waals surface area contributed by atoms with E-state index in [0.29, 0.717) is 6.04 Å². The molecule has 13 heavy (non-hydrogen) atoms. The van der Waals surface area contributed by atoms with E-state index in [4.69, 9.17) is 0 Å². The Hall–Kier alpha value is -0.160. The number of anilines is 1. The Labute approximate surface area is 90.5 Å². The van der Waals surface area contributed by atoms with Gasteiger partial charge in [-0.2, -0.15) is 4.37 Å². The highest BCUT2D eigenvalue weighted by Crippen LogP contribution is 2.27. The van der Waals surface area contributed by atoms with E-state index in [9.17, 15) is 0 Å². The Morgan fingerprint density at radius 1 is 1.69 bits per heavy atom. The number of alkyl halides is 1. The van der Waals surface area contributed by atoms with Crippen molar-refractivity contribution in [1.82, 2.24) is 9.36 Å². The second-order valence-electron chi connectivity index (χ2n) is 3.27. The fraction of sp³-hybridized carbons (Fsp3) is 0.750. The molecule has 72 valence electrons. The van der Waals surface area contributed by atoms with E-state index in [0.717, 1.165) is 22.8 Å². The molecule has 1 aliphatic heterocycles. The molecule has 1 aliphatic rings. The first-order valence-electron chi connectivity index (χ1n) is 4.44. The van der Waals surface area contributed by atoms with Crippen LogP contribution in [0.5, 0.6) is 0 Å². The first kappa shape index (κ1) is 9.40. The highest BCUT2D eigenvalue weighted by Gasteiger charge is 2.25. The first-order valence-corrected chi connectivity index (χ1v) is 6.33. The fourth-order valence-electron chi connectivity index (χ4n) is 1.65. The normalized spacial score (nSPS) is 22.6. The summed E-state index contributed by atoms with van der Waals surface area (Å²) >= 11 is 5.05. The summed E-state index contributed by atoms with van der Waals surface area (Å²) in [4.78, 5) is 6.76. The highest BCUT2D eigenvalue weighted by molar-refractivity contribution is 9.09. The Bertz CT molecular complexity index is 289. The molecule has 0 bridgehead atoms. The molecule has 1 unspecified atom stereocenters. The minimum atomic E-state index is 0.618. The number of aryl methyl sites for hydroxylation is 1. The number of aromatic nitrogens is 2. The Morgan fingerprint density at radius 2 is 2.54 bits per heavy atom. The van der Waals surface area contributed by atoms with Crippen LogP contribution in [0.1, 0.15) is 18.7 Å². The van der Waals surface area contributed by atoms with Gasteiger partial charge in [-0.05, 0) is 19.8 Å². The monoisotopic (exact) mass is 261 g/mol. The summed E-state index contributed by atoms with van der Waals surface area (Å²) in [7, 11) is 0. The minimum Gasteiger partial charge on any atom is -0.343 e. The Balaban J connectivity index is 2.15. The lowest BCUT2D eigenvalue weighted by atomic mass is 10.2. The van der Waals surface area contributed by atoms with Crippen LogP contribution in [-0.2, 0) is 0 Å². The molecular formula is C8H12BrN3S. The third-order valence-electron chi connectivity index (χ3n) is 2.32. The van der Waals surface area contributed by atoms with E-state index in [1.165, 1.54) is 24.4 Å². The lowest BCUT2D eigenvalue weighted by Crippen LogP contribution is -2.30. The van der Waals surface area contributed by atoms with Gasteiger partial charge in [-0.15, -0.1) is 0 Å². The summed E-state index contributed by atoms with van der Waals surface area (Å²) in [6, 6.07) is 0.618. The average molecular weight is 262 g/mol. The molecule has 1 fully saturated rings. The van der Waals surface area contributed by atoms with Crippen molar-refractivity contribution >= 4 is 32.6 Å². The van der Waals surface area contributed by atoms with Gasteiger partial charge in [0.2, 0.25) is 5.13 Å². The van der Waals surface area contributed by atoms with Crippen molar-refractivity contribution < 1.29 is 0 Å². The van der Waals surface area contributed by atoms with Gasteiger partial charge in [-0.3, -0.25) is 0 Å². The molecule has 1 atom stereocenters. The summed E-state index contributed by atoms with van der Waals surface area (Å²) in [5.41, 5.74) is 0. The van der Waals surface area contributed by atoms with Crippen LogP contribution in [0.3, 0.4) is 0 Å². The summed E-state index contributed by atoms with van der Waals surface area (Å²) in [5.74, 6) is 0.889. The zero-order valence-corrected chi connectivity index (χ0v) is 9.94. The maximum atomic E-state index is 4.40. The number of halogens is 1. The largest absolute Gasteiger partial charge is 0.343 e. The summed E-state index contributed by atoms with van der Waals surface area (Å²) in [6.45, 7) is 3.07. The van der Waals surface area contributed by atoms with Gasteiger partial charge in [-0.25, -0.2) is 4.98 Å². The zero-order chi connectivity index (χ0) is 9.26. The number of nitrogens with zero attached hydrogens (tertiary/aromatic N) is 3. The molecule has 5 heteroatoms. The highest BCUT2D eigenvalue weighted by atomic mass is 79.9. The smallest absolute Gasteiger partial charge is 0.205 e. The van der Waals surface area contributed by atoms with Crippen LogP contribution in [0.4, 0.5) is 5.13 Å². The molecule has 1 aromatic rings. The van der Waals surface area contributed by atoms with Gasteiger partial charge >= 0.3 is 0 Å². The standard InChI is InChI=1S/C8H12BrN3S/c1-6-10-8(13-11-6)12-4-2-3-7(12)5-9/h7H,2-5H2,1H3. The Kier molecular flexibility index (Phi) is 2.83. The van der Waals surface area contributed by atoms with Gasteiger partial charge < -0.3 is 4.90 Å². The van der Waals surface area contributed by atoms with Crippen molar-refractivity contribution in [3.63, 3.8) is 0 Å². The van der Waals surface area contributed by atoms with Gasteiger partial charge in [0.1, 0.15) is 5.82 Å². The van der Waals surface area contributed by atoms with Crippen LogP contribution in [0.2, 0.25) is 0 Å². The van der Waals surface area contributed by atoms with Crippen molar-refractivity contribution in [3.05, 3.63) is 5.82 Å². The van der Waals surface area contributed by atoms with Crippen molar-refractivity contribution in [2.24, 2.45) is 0 Å². The van der Waals surface area contributed by atoms with E-state index in [1.807, 2.05) is 6.92 Å². The fourth-order valence-corrected chi connectivity index (χ4v) is 3.10. The number of hydrogen-bond donors (Lipinski definition) is 0. The summed E-state index contributed by atoms with van der Waals surface area (Å²) in [6.07, 6.45) is 2.54. The minimum absolute atomic E-state index is 0.618. The van der Waals surface area contributed by atoms with Gasteiger partial charge in [0.05, 0.1) is 0 Å². The van der Waals surface area contributed by atoms with Crippen LogP contribution in [0.25, 0.3) is 0 Å². The molecule has 2 rings (SSSR count). The van der Waals surface area contributed by atoms with Crippen molar-refractivity contribution in [2.45, 2.75) is 25.8 Å². The van der Waals surface area contributed by atoms with Gasteiger partial charge in [0.15, 0.2) is 0 Å². The van der Waals surface area contributed by atoms with E-state index < -0.39 is 0 Å². The van der Waals surface area contributed by atoms with Gasteiger partial charge in [-0.1, -0.05) is 15.9 Å². The average Bonchev–Trinajstić information content (AvgIpc) is 2.71. The van der Waals surface area contributed by atoms with E-state index >= 15 is 0 Å². The molecule has 0 spiro atoms. The van der Waals surface area contributed by atoms with E-state index in [-0.39, 0.29) is 0 Å². The molecule has 2 heterocycles. The second-order valence-corrected chi connectivity index (χ2v) is 4.65. The SMILES string of the molecule is Cc1nsc(N2CCCC2CBr)n1. The van der Waals surface area contributed by atoms with Crippen LogP contribution < -0.4 is 4.90 Å². The van der Waals surface area contributed by atoms with Crippen LogP contribution in [-0.4, -0.2) is 27.3 Å². The topological polar surface area (TPSA) is 29.0 Å². The summed E-state index contributed by atoms with van der Waals surface area (Å²) in [5, 5.41) is 2.12. The maximum absolute atomic E-state index is 4.40. The molecule has 1 aromatic heterocycles. The second kappa shape index (κ2) is 3.92. The molecule has 0 saturated carbocycles. The van der Waals surface area contributed by atoms with Crippen molar-refractivity contribution in [3.8, 4) is 0 Å². The van der Waals surface area contributed by atoms with Crippen molar-refractivity contribution in [1.29, 1.82) is 0 Å². The lowest BCUT2D eigenvalue weighted by molar-refractivity contribution is 0.747. The molecule has 3 nitrogen and oxygen atoms in total. The quantitative estimate of drug-likeness (QED) is 0.765. The van der Waals surface area contributed by atoms with Crippen LogP contribution in [0, 0.1) is 6.92 Å². The zero-order valence-electron chi connectivity index (χ0n) is 7.53. The van der Waals surface area contributed by atoms with Crippen molar-refractivity contribution in [2.75, 3.05) is 16.8 Å². The molecule has 0 N–H and O–H groups in total. The Morgan fingerprint density at radius 3 is 3.15 bits per heavy atom. The molecule has 0 amide bonds. The van der Waals surface area contributed by atoms with E-state index in [1.54, 1.807) is 0 Å². The summed E-state index contributed by atoms with van der Waals surface area (Å²) < 4.78 is 4.20. The predicted octanol–water partition coefficient (Wildman–Crippen LogP) is 2.21. The molecule has 0 radical (unpaired) electrons. The third kappa shape index (κ3) is 1.86. The van der Waals surface area contributed by atoms with Gasteiger partial charge in [0, 0.05) is 29.4 Å². The third-order valence-corrected chi connectivity index (χ3v) is 3.91. The lowest BCUT2D eigenvalue weighted by Gasteiger charge is -2.21. The first-order chi connectivity index (χ1) is 6.31. The van der Waals surface area contributed by atoms with Crippen LogP contribution in [0.15, 0.2) is 0 Å². The van der Waals surface area contributed by atoms with E-state index in [2.05, 4.69) is 30.2 Å². The molecular weight excluding hydrogens is 250 g/mol. The molecule has 1 saturated heterocycles. The predicted molar refractivity (Wildman–Crippen MR) is 58.8 cm³/mol. The molecule has 0 aliphatic carbocycles. The molecule has 0 aromatic carbocycles. The number of rotatable bonds is 2. The number of hydrogen-bond acceptors (Lipinski definition) is 4.